The zero-order chi connectivity index (χ0) is 12.1. The van der Waals surface area contributed by atoms with Crippen LogP contribution in [0.3, 0.4) is 0 Å². The summed E-state index contributed by atoms with van der Waals surface area (Å²) in [6.45, 7) is 1.16. The number of rotatable bonds is 5. The van der Waals surface area contributed by atoms with Crippen LogP contribution in [-0.2, 0) is 9.59 Å². The Bertz CT molecular complexity index is 290. The van der Waals surface area contributed by atoms with Gasteiger partial charge in [-0.2, -0.15) is 0 Å². The summed E-state index contributed by atoms with van der Waals surface area (Å²) in [5.41, 5.74) is 8.54. The number of nitrogens with one attached hydrogen (secondary N) is 1. The van der Waals surface area contributed by atoms with Crippen LogP contribution in [0, 0.1) is 0 Å². The average Bonchev–Trinajstić information content (AvgIpc) is 2.12. The molecule has 0 aliphatic carbocycles. The fraction of sp³-hybridized carbons (Fsp3) is 0.500. The van der Waals surface area contributed by atoms with E-state index >= 15 is 0 Å². The summed E-state index contributed by atoms with van der Waals surface area (Å²) in [7, 11) is 0. The van der Waals surface area contributed by atoms with Crippen LogP contribution >= 0.6 is 0 Å². The van der Waals surface area contributed by atoms with Crippen molar-refractivity contribution in [3.05, 3.63) is 12.0 Å². The van der Waals surface area contributed by atoms with Crippen molar-refractivity contribution in [1.82, 2.24) is 5.32 Å². The summed E-state index contributed by atoms with van der Waals surface area (Å²) in [5, 5.41) is 19.9. The Morgan fingerprint density at radius 2 is 2.00 bits per heavy atom. The smallest absolute Gasteiger partial charge is 0.344 e. The third-order valence-electron chi connectivity index (χ3n) is 1.75. The lowest BCUT2D eigenvalue weighted by molar-refractivity contribution is -0.147. The summed E-state index contributed by atoms with van der Waals surface area (Å²) in [6, 6.07) is 0. The first kappa shape index (κ1) is 13.2. The Kier molecular flexibility index (Phi) is 4.59. The molecule has 15 heavy (non-hydrogen) atoms. The molecule has 0 aliphatic heterocycles. The number of carboxylic acids is 1. The zero-order valence-electron chi connectivity index (χ0n) is 8.36. The molecule has 86 valence electrons. The first-order valence-electron chi connectivity index (χ1n) is 4.22. The molecule has 0 fully saturated rings. The Hall–Kier alpha value is -1.76. The molecule has 7 heteroatoms. The van der Waals surface area contributed by atoms with Gasteiger partial charge in [-0.3, -0.25) is 10.5 Å². The monoisotopic (exact) mass is 217 g/mol. The van der Waals surface area contributed by atoms with E-state index < -0.39 is 17.5 Å². The molecule has 1 atom stereocenters. The van der Waals surface area contributed by atoms with Gasteiger partial charge in [-0.25, -0.2) is 4.79 Å². The lowest BCUT2D eigenvalue weighted by Crippen LogP contribution is -2.61. The van der Waals surface area contributed by atoms with E-state index in [-0.39, 0.29) is 18.6 Å². The number of aliphatic carboxylic acids is 1. The Morgan fingerprint density at radius 3 is 2.33 bits per heavy atom. The second-order valence-electron chi connectivity index (χ2n) is 3.12. The fourth-order valence-corrected chi connectivity index (χ4v) is 0.946. The molecular formula is C8H15N3O4. The van der Waals surface area contributed by atoms with Crippen molar-refractivity contribution >= 4 is 11.9 Å². The van der Waals surface area contributed by atoms with E-state index in [1.165, 1.54) is 0 Å². The van der Waals surface area contributed by atoms with Crippen LogP contribution in [0.1, 0.15) is 19.8 Å². The minimum absolute atomic E-state index is 0.0282. The van der Waals surface area contributed by atoms with Gasteiger partial charge in [0.25, 0.3) is 0 Å². The molecule has 0 rings (SSSR count). The van der Waals surface area contributed by atoms with Crippen molar-refractivity contribution in [2.75, 3.05) is 0 Å². The number of carbonyl (C=O) groups is 2. The van der Waals surface area contributed by atoms with Crippen LogP contribution < -0.4 is 16.8 Å². The van der Waals surface area contributed by atoms with Gasteiger partial charge in [0.2, 0.25) is 5.91 Å². The van der Waals surface area contributed by atoms with Crippen molar-refractivity contribution in [3.63, 3.8) is 0 Å². The van der Waals surface area contributed by atoms with E-state index in [4.69, 9.17) is 21.7 Å². The number of allylic oxidation sites excluding steroid dienone is 1. The van der Waals surface area contributed by atoms with E-state index in [0.717, 1.165) is 13.1 Å². The van der Waals surface area contributed by atoms with Crippen molar-refractivity contribution in [3.8, 4) is 0 Å². The first-order chi connectivity index (χ1) is 6.81. The van der Waals surface area contributed by atoms with E-state index in [1.807, 2.05) is 0 Å². The van der Waals surface area contributed by atoms with Gasteiger partial charge in [0, 0.05) is 26.0 Å². The van der Waals surface area contributed by atoms with E-state index in [2.05, 4.69) is 5.32 Å². The molecule has 7 N–H and O–H groups in total. The Morgan fingerprint density at radius 1 is 1.47 bits per heavy atom. The van der Waals surface area contributed by atoms with E-state index in [9.17, 15) is 9.59 Å². The molecule has 0 bridgehead atoms. The predicted octanol–water partition coefficient (Wildman–Crippen LogP) is -1.000. The molecule has 0 saturated heterocycles. The van der Waals surface area contributed by atoms with E-state index in [0.29, 0.717) is 0 Å². The van der Waals surface area contributed by atoms with Gasteiger partial charge in [-0.1, -0.05) is 0 Å². The first-order valence-corrected chi connectivity index (χ1v) is 4.22. The molecule has 1 amide bonds. The van der Waals surface area contributed by atoms with Crippen LogP contribution in [0.2, 0.25) is 0 Å². The van der Waals surface area contributed by atoms with Gasteiger partial charge in [-0.15, -0.1) is 0 Å². The second-order valence-corrected chi connectivity index (χ2v) is 3.12. The second kappa shape index (κ2) is 5.20. The number of amides is 1. The minimum Gasteiger partial charge on any atom is -0.511 e. The number of carboxylic acid groups (broad SMARTS) is 1. The highest BCUT2D eigenvalue weighted by Gasteiger charge is 2.34. The molecule has 0 heterocycles. The SMILES string of the molecule is CC(=O)N[C@@](N)(CC/C(O)=C/N)C(=O)O. The predicted molar refractivity (Wildman–Crippen MR) is 52.5 cm³/mol. The Balaban J connectivity index is 4.52. The molecule has 0 spiro atoms. The maximum absolute atomic E-state index is 10.8. The third-order valence-corrected chi connectivity index (χ3v) is 1.75. The van der Waals surface area contributed by atoms with Crippen molar-refractivity contribution in [2.24, 2.45) is 11.5 Å². The number of hydrogen-bond acceptors (Lipinski definition) is 5. The largest absolute Gasteiger partial charge is 0.511 e. The number of aliphatic hydroxyl groups is 1. The highest BCUT2D eigenvalue weighted by molar-refractivity contribution is 5.85. The zero-order valence-corrected chi connectivity index (χ0v) is 8.36. The van der Waals surface area contributed by atoms with Crippen LogP contribution in [0.4, 0.5) is 0 Å². The maximum Gasteiger partial charge on any atom is 0.344 e. The van der Waals surface area contributed by atoms with Gasteiger partial charge >= 0.3 is 5.97 Å². The van der Waals surface area contributed by atoms with Gasteiger partial charge in [-0.05, 0) is 0 Å². The van der Waals surface area contributed by atoms with Crippen LogP contribution in [-0.4, -0.2) is 27.8 Å². The van der Waals surface area contributed by atoms with Gasteiger partial charge in [0.1, 0.15) is 5.76 Å². The molecule has 0 aliphatic rings. The summed E-state index contributed by atoms with van der Waals surface area (Å²) in [4.78, 5) is 21.5. The number of aliphatic hydroxyl groups excluding tert-OH is 1. The Labute approximate surface area is 86.7 Å². The molecule has 0 aromatic carbocycles. The lowest BCUT2D eigenvalue weighted by Gasteiger charge is -2.25. The van der Waals surface area contributed by atoms with Gasteiger partial charge in [0.15, 0.2) is 5.66 Å². The summed E-state index contributed by atoms with van der Waals surface area (Å²) in [5.74, 6) is -2.12. The summed E-state index contributed by atoms with van der Waals surface area (Å²) in [6.07, 6.45) is 0.761. The molecule has 0 aromatic heterocycles. The molecule has 0 radical (unpaired) electrons. The highest BCUT2D eigenvalue weighted by Crippen LogP contribution is 2.10. The lowest BCUT2D eigenvalue weighted by atomic mass is 10.0. The van der Waals surface area contributed by atoms with Gasteiger partial charge < -0.3 is 21.3 Å². The highest BCUT2D eigenvalue weighted by atomic mass is 16.4. The topological polar surface area (TPSA) is 139 Å². The van der Waals surface area contributed by atoms with Crippen LogP contribution in [0.15, 0.2) is 12.0 Å². The molecule has 7 nitrogen and oxygen atoms in total. The minimum atomic E-state index is -1.89. The molecule has 0 unspecified atom stereocenters. The quantitative estimate of drug-likeness (QED) is 0.295. The number of nitrogens with two attached hydrogens (primary N) is 2. The summed E-state index contributed by atoms with van der Waals surface area (Å²) < 4.78 is 0. The van der Waals surface area contributed by atoms with E-state index in [1.54, 1.807) is 0 Å². The summed E-state index contributed by atoms with van der Waals surface area (Å²) >= 11 is 0. The molecule has 0 saturated carbocycles. The molecule has 0 aromatic rings. The normalized spacial score (nSPS) is 15.5. The number of carbonyl (C=O) groups excluding carboxylic acids is 1. The standard InChI is InChI=1S/C8H15N3O4/c1-5(12)11-8(10,7(14)15)3-2-6(13)4-9/h4,13H,2-3,9-10H2,1H3,(H,11,12)(H,14,15)/b6-4-/t8-/m0/s1. The fourth-order valence-electron chi connectivity index (χ4n) is 0.946. The number of hydrogen-bond donors (Lipinski definition) is 5. The van der Waals surface area contributed by atoms with Gasteiger partial charge in [0.05, 0.1) is 0 Å². The molecular weight excluding hydrogens is 202 g/mol. The van der Waals surface area contributed by atoms with Crippen LogP contribution in [0.5, 0.6) is 0 Å². The average molecular weight is 217 g/mol. The maximum atomic E-state index is 10.8. The third kappa shape index (κ3) is 4.32. The van der Waals surface area contributed by atoms with Crippen molar-refractivity contribution in [1.29, 1.82) is 0 Å². The van der Waals surface area contributed by atoms with Crippen LogP contribution in [0.25, 0.3) is 0 Å². The van der Waals surface area contributed by atoms with Crippen molar-refractivity contribution < 1.29 is 19.8 Å². The van der Waals surface area contributed by atoms with Crippen molar-refractivity contribution in [2.45, 2.75) is 25.4 Å².